The highest BCUT2D eigenvalue weighted by Gasteiger charge is 2.24. The van der Waals surface area contributed by atoms with E-state index in [2.05, 4.69) is 40.1 Å². The van der Waals surface area contributed by atoms with E-state index in [1.54, 1.807) is 6.21 Å². The molecule has 0 amide bonds. The molecule has 0 saturated carbocycles. The average Bonchev–Trinajstić information content (AvgIpc) is 3.12. The zero-order chi connectivity index (χ0) is 18.8. The van der Waals surface area contributed by atoms with Gasteiger partial charge in [-0.3, -0.25) is 9.79 Å². The van der Waals surface area contributed by atoms with Gasteiger partial charge >= 0.3 is 0 Å². The first-order valence-electron chi connectivity index (χ1n) is 8.94. The van der Waals surface area contributed by atoms with Crippen LogP contribution in [0.2, 0.25) is 0 Å². The molecule has 0 fully saturated rings. The molecular formula is C22H20N4O. The van der Waals surface area contributed by atoms with Crippen molar-refractivity contribution in [3.05, 3.63) is 88.4 Å². The predicted molar refractivity (Wildman–Crippen MR) is 106 cm³/mol. The van der Waals surface area contributed by atoms with Gasteiger partial charge in [0.25, 0.3) is 0 Å². The first-order chi connectivity index (χ1) is 13.1. The number of anilines is 1. The minimum atomic E-state index is -0.193. The third-order valence-corrected chi connectivity index (χ3v) is 4.83. The highest BCUT2D eigenvalue weighted by Crippen LogP contribution is 2.32. The number of fused-ring (bicyclic) bond motifs is 1. The van der Waals surface area contributed by atoms with Gasteiger partial charge in [0, 0.05) is 18.2 Å². The number of benzene rings is 2. The monoisotopic (exact) mass is 356 g/mol. The lowest BCUT2D eigenvalue weighted by atomic mass is 9.98. The summed E-state index contributed by atoms with van der Waals surface area (Å²) in [4.78, 5) is 25.3. The van der Waals surface area contributed by atoms with Gasteiger partial charge in [0.05, 0.1) is 11.3 Å². The minimum absolute atomic E-state index is 0.143. The number of aliphatic imine (C=N–C) groups is 1. The Morgan fingerprint density at radius 1 is 1.11 bits per heavy atom. The Bertz CT molecular complexity index is 1020. The summed E-state index contributed by atoms with van der Waals surface area (Å²) in [6.45, 7) is 2.06. The van der Waals surface area contributed by atoms with Crippen molar-refractivity contribution < 1.29 is 4.79 Å². The lowest BCUT2D eigenvalue weighted by Crippen LogP contribution is -2.05. The van der Waals surface area contributed by atoms with Crippen molar-refractivity contribution in [1.29, 1.82) is 0 Å². The maximum atomic E-state index is 12.5. The van der Waals surface area contributed by atoms with Gasteiger partial charge in [0.15, 0.2) is 5.78 Å². The molecule has 1 aliphatic heterocycles. The predicted octanol–water partition coefficient (Wildman–Crippen LogP) is 3.70. The van der Waals surface area contributed by atoms with E-state index in [0.29, 0.717) is 12.2 Å². The second-order valence-corrected chi connectivity index (χ2v) is 6.77. The van der Waals surface area contributed by atoms with Gasteiger partial charge in [-0.25, -0.2) is 9.97 Å². The standard InChI is InChI=1S/C22H20N4O/c1-14-3-2-4-15(11-14)5-10-19(27)16-6-8-17(9-7-16)20-21-18(12-24-20)22(23)26-13-25-21/h2-4,6-9,11-13,20H,5,10H2,1H3,(H2,23,25,26). The van der Waals surface area contributed by atoms with E-state index in [-0.39, 0.29) is 11.8 Å². The lowest BCUT2D eigenvalue weighted by Gasteiger charge is -2.10. The molecule has 27 heavy (non-hydrogen) atoms. The third-order valence-electron chi connectivity index (χ3n) is 4.83. The molecule has 0 aliphatic carbocycles. The van der Waals surface area contributed by atoms with E-state index in [4.69, 9.17) is 5.73 Å². The number of ketones is 1. The molecule has 4 rings (SSSR count). The van der Waals surface area contributed by atoms with Crippen molar-refractivity contribution >= 4 is 17.8 Å². The number of aromatic nitrogens is 2. The summed E-state index contributed by atoms with van der Waals surface area (Å²) < 4.78 is 0. The van der Waals surface area contributed by atoms with Crippen LogP contribution in [0.4, 0.5) is 5.82 Å². The number of hydrogen-bond donors (Lipinski definition) is 1. The third kappa shape index (κ3) is 3.49. The fraction of sp³-hybridized carbons (Fsp3) is 0.182. The number of rotatable bonds is 5. The van der Waals surface area contributed by atoms with Crippen molar-refractivity contribution in [3.63, 3.8) is 0 Å². The number of aryl methyl sites for hydroxylation is 2. The summed E-state index contributed by atoms with van der Waals surface area (Å²) in [6, 6.07) is 15.7. The molecule has 0 saturated heterocycles. The van der Waals surface area contributed by atoms with Gasteiger partial charge in [-0.1, -0.05) is 54.1 Å². The molecule has 1 atom stereocenters. The fourth-order valence-corrected chi connectivity index (χ4v) is 3.36. The van der Waals surface area contributed by atoms with E-state index < -0.39 is 0 Å². The second kappa shape index (κ2) is 7.11. The van der Waals surface area contributed by atoms with E-state index in [1.807, 2.05) is 30.3 Å². The number of nitrogen functional groups attached to an aromatic ring is 1. The normalized spacial score (nSPS) is 14.9. The van der Waals surface area contributed by atoms with Crippen LogP contribution in [0.5, 0.6) is 0 Å². The number of carbonyl (C=O) groups is 1. The lowest BCUT2D eigenvalue weighted by molar-refractivity contribution is 0.0983. The van der Waals surface area contributed by atoms with Crippen molar-refractivity contribution in [1.82, 2.24) is 9.97 Å². The van der Waals surface area contributed by atoms with Crippen LogP contribution < -0.4 is 5.73 Å². The Kier molecular flexibility index (Phi) is 4.50. The Morgan fingerprint density at radius 3 is 2.70 bits per heavy atom. The van der Waals surface area contributed by atoms with Crippen LogP contribution in [0.1, 0.15) is 50.8 Å². The summed E-state index contributed by atoms with van der Waals surface area (Å²) in [7, 11) is 0. The highest BCUT2D eigenvalue weighted by molar-refractivity contribution is 5.96. The Labute approximate surface area is 158 Å². The Morgan fingerprint density at radius 2 is 1.93 bits per heavy atom. The van der Waals surface area contributed by atoms with Crippen molar-refractivity contribution in [2.75, 3.05) is 5.73 Å². The van der Waals surface area contributed by atoms with E-state index >= 15 is 0 Å². The minimum Gasteiger partial charge on any atom is -0.383 e. The SMILES string of the molecule is Cc1cccc(CCC(=O)c2ccc(C3N=Cc4c(N)ncnc43)cc2)c1. The summed E-state index contributed by atoms with van der Waals surface area (Å²) in [5.41, 5.74) is 11.6. The van der Waals surface area contributed by atoms with E-state index in [1.165, 1.54) is 17.5 Å². The van der Waals surface area contributed by atoms with Crippen molar-refractivity contribution in [2.45, 2.75) is 25.8 Å². The van der Waals surface area contributed by atoms with Crippen molar-refractivity contribution in [2.24, 2.45) is 4.99 Å². The molecule has 5 nitrogen and oxygen atoms in total. The molecule has 0 spiro atoms. The summed E-state index contributed by atoms with van der Waals surface area (Å²) >= 11 is 0. The number of nitrogens with two attached hydrogens (primary N) is 1. The maximum Gasteiger partial charge on any atom is 0.163 e. The molecule has 0 bridgehead atoms. The first kappa shape index (κ1) is 17.1. The van der Waals surface area contributed by atoms with Crippen LogP contribution in [0.25, 0.3) is 0 Å². The van der Waals surface area contributed by atoms with Gasteiger partial charge in [0.2, 0.25) is 0 Å². The molecule has 2 aromatic carbocycles. The van der Waals surface area contributed by atoms with Crippen LogP contribution in [0.15, 0.2) is 59.9 Å². The fourth-order valence-electron chi connectivity index (χ4n) is 3.36. The zero-order valence-electron chi connectivity index (χ0n) is 15.1. The molecule has 1 unspecified atom stereocenters. The molecule has 134 valence electrons. The Hall–Kier alpha value is -3.34. The Balaban J connectivity index is 1.46. The second-order valence-electron chi connectivity index (χ2n) is 6.77. The quantitative estimate of drug-likeness (QED) is 0.707. The van der Waals surface area contributed by atoms with Gasteiger partial charge in [-0.2, -0.15) is 0 Å². The topological polar surface area (TPSA) is 81.2 Å². The summed E-state index contributed by atoms with van der Waals surface area (Å²) in [6.07, 6.45) is 4.42. The van der Waals surface area contributed by atoms with Crippen LogP contribution in [0, 0.1) is 6.92 Å². The molecule has 0 radical (unpaired) electrons. The van der Waals surface area contributed by atoms with Crippen molar-refractivity contribution in [3.8, 4) is 0 Å². The average molecular weight is 356 g/mol. The molecule has 2 heterocycles. The zero-order valence-corrected chi connectivity index (χ0v) is 15.1. The van der Waals surface area contributed by atoms with Crippen LogP contribution in [-0.2, 0) is 6.42 Å². The number of carbonyl (C=O) groups excluding carboxylic acids is 1. The molecule has 2 N–H and O–H groups in total. The maximum absolute atomic E-state index is 12.5. The van der Waals surface area contributed by atoms with E-state index in [9.17, 15) is 4.79 Å². The van der Waals surface area contributed by atoms with Gasteiger partial charge in [0.1, 0.15) is 18.2 Å². The summed E-state index contributed by atoms with van der Waals surface area (Å²) in [5.74, 6) is 0.583. The molecule has 1 aromatic heterocycles. The van der Waals surface area contributed by atoms with Crippen LogP contribution >= 0.6 is 0 Å². The van der Waals surface area contributed by atoms with Crippen LogP contribution in [0.3, 0.4) is 0 Å². The highest BCUT2D eigenvalue weighted by atomic mass is 16.1. The smallest absolute Gasteiger partial charge is 0.163 e. The number of nitrogens with zero attached hydrogens (tertiary/aromatic N) is 3. The molecular weight excluding hydrogens is 336 g/mol. The largest absolute Gasteiger partial charge is 0.383 e. The van der Waals surface area contributed by atoms with Gasteiger partial charge in [-0.05, 0) is 24.5 Å². The van der Waals surface area contributed by atoms with Crippen LogP contribution in [-0.4, -0.2) is 22.0 Å². The molecule has 1 aliphatic rings. The summed E-state index contributed by atoms with van der Waals surface area (Å²) in [5, 5.41) is 0. The van der Waals surface area contributed by atoms with E-state index in [0.717, 1.165) is 28.8 Å². The molecule has 3 aromatic rings. The first-order valence-corrected chi connectivity index (χ1v) is 8.94. The number of Topliss-reactive ketones (excluding diaryl/α,β-unsaturated/α-hetero) is 1. The number of hydrogen-bond acceptors (Lipinski definition) is 5. The molecule has 5 heteroatoms. The van der Waals surface area contributed by atoms with Gasteiger partial charge in [-0.15, -0.1) is 0 Å². The van der Waals surface area contributed by atoms with Gasteiger partial charge < -0.3 is 5.73 Å².